The van der Waals surface area contributed by atoms with Gasteiger partial charge in [0, 0.05) is 44.1 Å². The van der Waals surface area contributed by atoms with Gasteiger partial charge < -0.3 is 19.7 Å². The number of hydrogen-bond acceptors (Lipinski definition) is 3. The van der Waals surface area contributed by atoms with Crippen LogP contribution in [-0.4, -0.2) is 46.4 Å². The molecule has 1 amide bonds. The Hall–Kier alpha value is -1.70. The Kier molecular flexibility index (Phi) is 5.57. The quantitative estimate of drug-likeness (QED) is 0.755. The fourth-order valence-corrected chi connectivity index (χ4v) is 4.74. The lowest BCUT2D eigenvalue weighted by Gasteiger charge is -2.36. The lowest BCUT2D eigenvalue weighted by atomic mass is 9.82. The fourth-order valence-electron chi connectivity index (χ4n) is 4.46. The van der Waals surface area contributed by atoms with Crippen molar-refractivity contribution in [1.82, 2.24) is 9.88 Å². The minimum Gasteiger partial charge on any atom is -0.388 e. The van der Waals surface area contributed by atoms with Crippen molar-refractivity contribution in [3.05, 3.63) is 35.0 Å². The number of nitrogens with one attached hydrogen (secondary N) is 1. The summed E-state index contributed by atoms with van der Waals surface area (Å²) in [5.41, 5.74) is -0.409. The molecule has 1 aromatic carbocycles. The van der Waals surface area contributed by atoms with Crippen molar-refractivity contribution in [1.29, 1.82) is 0 Å². The number of hydrogen-bond donors (Lipinski definition) is 2. The molecule has 2 fully saturated rings. The summed E-state index contributed by atoms with van der Waals surface area (Å²) < 4.78 is 35.1. The molecule has 1 unspecified atom stereocenters. The molecule has 1 saturated heterocycles. The molecule has 5 nitrogen and oxygen atoms in total. The normalized spacial score (nSPS) is 26.7. The number of aromatic nitrogens is 1. The molecule has 1 aliphatic carbocycles. The summed E-state index contributed by atoms with van der Waals surface area (Å²) in [6.45, 7) is 1.13. The van der Waals surface area contributed by atoms with Crippen LogP contribution in [0.15, 0.2) is 24.4 Å². The molecule has 2 aliphatic rings. The highest BCUT2D eigenvalue weighted by Crippen LogP contribution is 2.39. The van der Waals surface area contributed by atoms with Crippen LogP contribution in [0.4, 0.5) is 8.78 Å². The zero-order valence-electron chi connectivity index (χ0n) is 16.1. The van der Waals surface area contributed by atoms with Gasteiger partial charge in [0.25, 0.3) is 11.8 Å². The molecular formula is C21H25ClF2N2O3. The Labute approximate surface area is 173 Å². The summed E-state index contributed by atoms with van der Waals surface area (Å²) in [6.07, 6.45) is 3.40. The van der Waals surface area contributed by atoms with Crippen molar-refractivity contribution in [2.75, 3.05) is 13.2 Å². The molecule has 158 valence electrons. The van der Waals surface area contributed by atoms with Gasteiger partial charge in [0.2, 0.25) is 0 Å². The molecule has 2 N–H and O–H groups in total. The molecule has 2 aromatic rings. The van der Waals surface area contributed by atoms with E-state index >= 15 is 0 Å². The van der Waals surface area contributed by atoms with Crippen LogP contribution < -0.4 is 5.32 Å². The Morgan fingerprint density at radius 2 is 2.17 bits per heavy atom. The number of rotatable bonds is 5. The van der Waals surface area contributed by atoms with Crippen LogP contribution >= 0.6 is 11.6 Å². The van der Waals surface area contributed by atoms with Gasteiger partial charge in [-0.2, -0.15) is 0 Å². The number of nitrogens with zero attached hydrogens (tertiary/aromatic N) is 1. The second-order valence-electron chi connectivity index (χ2n) is 8.26. The van der Waals surface area contributed by atoms with Crippen molar-refractivity contribution in [2.45, 2.75) is 62.7 Å². The van der Waals surface area contributed by atoms with Crippen LogP contribution in [0.5, 0.6) is 0 Å². The first-order valence-electron chi connectivity index (χ1n) is 10.0. The third kappa shape index (κ3) is 4.42. The number of amides is 1. The number of benzene rings is 1. The van der Waals surface area contributed by atoms with Gasteiger partial charge in [-0.3, -0.25) is 4.79 Å². The van der Waals surface area contributed by atoms with Crippen molar-refractivity contribution in [3.63, 3.8) is 0 Å². The lowest BCUT2D eigenvalue weighted by Crippen LogP contribution is -2.49. The van der Waals surface area contributed by atoms with Crippen molar-refractivity contribution in [3.8, 4) is 0 Å². The average molecular weight is 427 g/mol. The molecule has 0 bridgehead atoms. The van der Waals surface area contributed by atoms with Crippen molar-refractivity contribution < 1.29 is 23.4 Å². The van der Waals surface area contributed by atoms with E-state index in [9.17, 15) is 18.7 Å². The lowest BCUT2D eigenvalue weighted by molar-refractivity contribution is -0.121. The molecule has 29 heavy (non-hydrogen) atoms. The fraction of sp³-hybridized carbons (Fsp3) is 0.571. The van der Waals surface area contributed by atoms with Gasteiger partial charge in [-0.1, -0.05) is 17.7 Å². The molecule has 8 heteroatoms. The van der Waals surface area contributed by atoms with Crippen LogP contribution in [0.2, 0.25) is 5.02 Å². The number of aliphatic hydroxyl groups is 1. The molecule has 0 spiro atoms. The summed E-state index contributed by atoms with van der Waals surface area (Å²) in [6, 6.07) is 5.43. The molecule has 2 atom stereocenters. The van der Waals surface area contributed by atoms with Gasteiger partial charge in [0.05, 0.1) is 27.8 Å². The predicted molar refractivity (Wildman–Crippen MR) is 107 cm³/mol. The average Bonchev–Trinajstić information content (AvgIpc) is 3.28. The van der Waals surface area contributed by atoms with E-state index in [0.29, 0.717) is 22.5 Å². The molecular weight excluding hydrogens is 402 g/mol. The van der Waals surface area contributed by atoms with E-state index in [0.717, 1.165) is 25.0 Å². The topological polar surface area (TPSA) is 63.5 Å². The molecule has 0 radical (unpaired) electrons. The first-order chi connectivity index (χ1) is 13.8. The van der Waals surface area contributed by atoms with E-state index in [1.807, 2.05) is 16.7 Å². The Morgan fingerprint density at radius 1 is 1.34 bits per heavy atom. The number of alkyl halides is 2. The number of ether oxygens (including phenoxy) is 1. The Bertz CT molecular complexity index is 911. The minimum absolute atomic E-state index is 0.0886. The van der Waals surface area contributed by atoms with Crippen LogP contribution in [0.1, 0.15) is 48.9 Å². The van der Waals surface area contributed by atoms with E-state index in [1.54, 1.807) is 12.3 Å². The highest BCUT2D eigenvalue weighted by molar-refractivity contribution is 6.36. The van der Waals surface area contributed by atoms with Gasteiger partial charge in [-0.25, -0.2) is 8.78 Å². The van der Waals surface area contributed by atoms with E-state index in [-0.39, 0.29) is 31.9 Å². The molecule has 4 rings (SSSR count). The zero-order valence-corrected chi connectivity index (χ0v) is 16.9. The SMILES string of the molecule is O=C(NCC1(O)CCCC(F)(F)C1)c1cn(C[C@@H]2CCCO2)c2cccc(Cl)c12. The first kappa shape index (κ1) is 20.6. The highest BCUT2D eigenvalue weighted by Gasteiger charge is 2.44. The summed E-state index contributed by atoms with van der Waals surface area (Å²) in [5.74, 6) is -3.34. The number of carbonyl (C=O) groups is 1. The maximum absolute atomic E-state index is 13.7. The summed E-state index contributed by atoms with van der Waals surface area (Å²) in [7, 11) is 0. The second-order valence-corrected chi connectivity index (χ2v) is 8.66. The maximum Gasteiger partial charge on any atom is 0.253 e. The monoisotopic (exact) mass is 426 g/mol. The van der Waals surface area contributed by atoms with E-state index < -0.39 is 23.9 Å². The van der Waals surface area contributed by atoms with E-state index in [2.05, 4.69) is 5.32 Å². The van der Waals surface area contributed by atoms with Gasteiger partial charge in [-0.15, -0.1) is 0 Å². The van der Waals surface area contributed by atoms with Crippen LogP contribution in [0, 0.1) is 0 Å². The van der Waals surface area contributed by atoms with E-state index in [1.165, 1.54) is 0 Å². The molecule has 1 aliphatic heterocycles. The summed E-state index contributed by atoms with van der Waals surface area (Å²) >= 11 is 6.38. The molecule has 2 heterocycles. The molecule has 1 saturated carbocycles. The third-order valence-electron chi connectivity index (χ3n) is 5.87. The Balaban J connectivity index is 1.55. The third-order valence-corrected chi connectivity index (χ3v) is 6.19. The number of carbonyl (C=O) groups excluding carboxylic acids is 1. The van der Waals surface area contributed by atoms with Crippen LogP contribution in [0.25, 0.3) is 10.9 Å². The van der Waals surface area contributed by atoms with Gasteiger partial charge >= 0.3 is 0 Å². The molecule has 1 aromatic heterocycles. The minimum atomic E-state index is -2.90. The zero-order chi connectivity index (χ0) is 20.6. The summed E-state index contributed by atoms with van der Waals surface area (Å²) in [5, 5.41) is 14.2. The second kappa shape index (κ2) is 7.85. The highest BCUT2D eigenvalue weighted by atomic mass is 35.5. The summed E-state index contributed by atoms with van der Waals surface area (Å²) in [4.78, 5) is 12.9. The van der Waals surface area contributed by atoms with Gasteiger partial charge in [-0.05, 0) is 37.8 Å². The van der Waals surface area contributed by atoms with Gasteiger partial charge in [0.15, 0.2) is 0 Å². The van der Waals surface area contributed by atoms with Crippen molar-refractivity contribution >= 4 is 28.4 Å². The maximum atomic E-state index is 13.7. The van der Waals surface area contributed by atoms with Crippen molar-refractivity contribution in [2.24, 2.45) is 0 Å². The predicted octanol–water partition coefficient (Wildman–Crippen LogP) is 4.14. The number of halogens is 3. The van der Waals surface area contributed by atoms with E-state index in [4.69, 9.17) is 16.3 Å². The van der Waals surface area contributed by atoms with Crippen LogP contribution in [0.3, 0.4) is 0 Å². The Morgan fingerprint density at radius 3 is 2.90 bits per heavy atom. The smallest absolute Gasteiger partial charge is 0.253 e. The first-order valence-corrected chi connectivity index (χ1v) is 10.4. The van der Waals surface area contributed by atoms with Gasteiger partial charge in [0.1, 0.15) is 0 Å². The standard InChI is InChI=1S/C21H25ClF2N2O3/c22-16-5-1-6-17-18(16)15(11-26(17)10-14-4-2-9-29-14)19(27)25-13-20(28)7-3-8-21(23,24)12-20/h1,5-6,11,14,28H,2-4,7-10,12-13H2,(H,25,27)/t14-,20?/m0/s1. The number of fused-ring (bicyclic) bond motifs is 1. The largest absolute Gasteiger partial charge is 0.388 e. The van der Waals surface area contributed by atoms with Crippen LogP contribution in [-0.2, 0) is 11.3 Å².